The molecule has 0 bridgehead atoms. The van der Waals surface area contributed by atoms with Crippen molar-refractivity contribution in [3.05, 3.63) is 65.7 Å². The average molecular weight is 356 g/mol. The topological polar surface area (TPSA) is 67.8 Å². The van der Waals surface area contributed by atoms with Gasteiger partial charge >= 0.3 is 5.97 Å². The average Bonchev–Trinajstić information content (AvgIpc) is 2.61. The Hall–Kier alpha value is -2.60. The van der Waals surface area contributed by atoms with E-state index in [-0.39, 0.29) is 17.1 Å². The van der Waals surface area contributed by atoms with Gasteiger partial charge in [0.25, 0.3) is 5.91 Å². The van der Waals surface area contributed by atoms with Gasteiger partial charge in [0, 0.05) is 12.7 Å². The number of rotatable bonds is 7. The van der Waals surface area contributed by atoms with Gasteiger partial charge < -0.3 is 4.74 Å². The molecule has 2 aromatic carbocycles. The number of nitrogens with zero attached hydrogens (tertiary/aromatic N) is 1. The summed E-state index contributed by atoms with van der Waals surface area (Å²) < 4.78 is 4.95. The van der Waals surface area contributed by atoms with Crippen LogP contribution in [0.3, 0.4) is 0 Å². The van der Waals surface area contributed by atoms with Gasteiger partial charge in [0.2, 0.25) is 0 Å². The number of esters is 1. The number of carbonyl (C=O) groups excluding carboxylic acids is 2. The number of thioether (sulfide) groups is 1. The van der Waals surface area contributed by atoms with Crippen LogP contribution in [0.1, 0.15) is 25.0 Å². The lowest BCUT2D eigenvalue weighted by Gasteiger charge is -2.09. The number of hydrogen-bond donors (Lipinski definition) is 1. The van der Waals surface area contributed by atoms with Crippen LogP contribution < -0.4 is 10.2 Å². The van der Waals surface area contributed by atoms with Gasteiger partial charge in [-0.15, -0.1) is 11.8 Å². The first-order valence-corrected chi connectivity index (χ1v) is 8.86. The third kappa shape index (κ3) is 6.81. The Morgan fingerprint density at radius 1 is 1.16 bits per heavy atom. The predicted octanol–water partition coefficient (Wildman–Crippen LogP) is 3.38. The van der Waals surface area contributed by atoms with E-state index in [1.54, 1.807) is 42.2 Å². The minimum atomic E-state index is -0.365. The summed E-state index contributed by atoms with van der Waals surface area (Å²) in [5.41, 5.74) is 4.51. The fraction of sp³-hybridized carbons (Fsp3) is 0.211. The Morgan fingerprint density at radius 3 is 2.48 bits per heavy atom. The summed E-state index contributed by atoms with van der Waals surface area (Å²) in [4.78, 5) is 22.9. The Balaban J connectivity index is 1.78. The molecule has 0 unspecified atom stereocenters. The quantitative estimate of drug-likeness (QED) is 0.357. The number of nitrogens with one attached hydrogen (secondary N) is 1. The first-order valence-electron chi connectivity index (χ1n) is 7.81. The highest BCUT2D eigenvalue weighted by Crippen LogP contribution is 2.17. The summed E-state index contributed by atoms with van der Waals surface area (Å²) >= 11 is 1.56. The summed E-state index contributed by atoms with van der Waals surface area (Å²) in [6.07, 6.45) is 1.55. The minimum absolute atomic E-state index is 0.145. The number of carbonyl (C=O) groups is 2. The molecule has 6 heteroatoms. The number of benzene rings is 2. The molecule has 1 N–H and O–H groups in total. The second-order valence-corrected chi connectivity index (χ2v) is 6.66. The van der Waals surface area contributed by atoms with E-state index < -0.39 is 0 Å². The van der Waals surface area contributed by atoms with Crippen LogP contribution in [0.25, 0.3) is 0 Å². The van der Waals surface area contributed by atoms with Crippen molar-refractivity contribution in [3.63, 3.8) is 0 Å². The first kappa shape index (κ1) is 18.7. The van der Waals surface area contributed by atoms with Crippen molar-refractivity contribution in [2.45, 2.75) is 24.9 Å². The van der Waals surface area contributed by atoms with Crippen LogP contribution in [0.5, 0.6) is 5.75 Å². The van der Waals surface area contributed by atoms with Crippen LogP contribution in [-0.2, 0) is 15.3 Å². The fourth-order valence-electron chi connectivity index (χ4n) is 1.92. The van der Waals surface area contributed by atoms with E-state index in [9.17, 15) is 9.59 Å². The monoisotopic (exact) mass is 356 g/mol. The van der Waals surface area contributed by atoms with Crippen LogP contribution in [0.2, 0.25) is 0 Å². The molecule has 0 saturated carbocycles. The van der Waals surface area contributed by atoms with Crippen LogP contribution in [0.15, 0.2) is 59.7 Å². The highest BCUT2D eigenvalue weighted by Gasteiger charge is 2.12. The molecule has 0 aliphatic carbocycles. The molecule has 1 amide bonds. The molecule has 0 aliphatic heterocycles. The summed E-state index contributed by atoms with van der Waals surface area (Å²) in [5, 5.41) is 3.76. The van der Waals surface area contributed by atoms with E-state index in [4.69, 9.17) is 4.74 Å². The molecule has 0 radical (unpaired) electrons. The number of amides is 1. The van der Waals surface area contributed by atoms with Gasteiger partial charge in [-0.25, -0.2) is 5.43 Å². The molecule has 0 spiro atoms. The van der Waals surface area contributed by atoms with E-state index >= 15 is 0 Å². The fourth-order valence-corrected chi connectivity index (χ4v) is 2.76. The molecule has 2 aromatic rings. The molecule has 0 saturated heterocycles. The van der Waals surface area contributed by atoms with Crippen molar-refractivity contribution in [1.29, 1.82) is 0 Å². The summed E-state index contributed by atoms with van der Waals surface area (Å²) in [5.74, 6) is 0.737. The molecular weight excluding hydrogens is 336 g/mol. The van der Waals surface area contributed by atoms with Crippen molar-refractivity contribution >= 4 is 29.9 Å². The standard InChI is InChI=1S/C19H20N2O3S/c1-14(25-13-17-6-4-3-5-7-17)19(23)21-20-12-16-8-10-18(11-9-16)24-15(2)22/h3-12,14H,13H2,1-2H3,(H,21,23)/b20-12-/t14-/m1/s1. The number of ether oxygens (including phenoxy) is 1. The third-order valence-corrected chi connectivity index (χ3v) is 4.46. The van der Waals surface area contributed by atoms with Gasteiger partial charge in [0.15, 0.2) is 0 Å². The Labute approximate surface area is 151 Å². The molecule has 0 fully saturated rings. The van der Waals surface area contributed by atoms with E-state index in [0.717, 1.165) is 11.3 Å². The summed E-state index contributed by atoms with van der Waals surface area (Å²) in [6, 6.07) is 16.9. The Kier molecular flexibility index (Phi) is 7.22. The van der Waals surface area contributed by atoms with Crippen LogP contribution in [-0.4, -0.2) is 23.3 Å². The lowest BCUT2D eigenvalue weighted by molar-refractivity contribution is -0.131. The van der Waals surface area contributed by atoms with E-state index in [1.165, 1.54) is 12.5 Å². The Morgan fingerprint density at radius 2 is 1.84 bits per heavy atom. The molecule has 2 rings (SSSR count). The van der Waals surface area contributed by atoms with Crippen molar-refractivity contribution in [3.8, 4) is 5.75 Å². The van der Waals surface area contributed by atoms with Crippen LogP contribution >= 0.6 is 11.8 Å². The van der Waals surface area contributed by atoms with Gasteiger partial charge in [0.05, 0.1) is 11.5 Å². The molecule has 1 atom stereocenters. The number of hydrogen-bond acceptors (Lipinski definition) is 5. The van der Waals surface area contributed by atoms with Gasteiger partial charge in [-0.3, -0.25) is 9.59 Å². The minimum Gasteiger partial charge on any atom is -0.427 e. The zero-order valence-corrected chi connectivity index (χ0v) is 15.0. The molecular formula is C19H20N2O3S. The van der Waals surface area contributed by atoms with Gasteiger partial charge in [-0.05, 0) is 42.3 Å². The first-order chi connectivity index (χ1) is 12.0. The molecule has 0 aromatic heterocycles. The molecule has 130 valence electrons. The zero-order chi connectivity index (χ0) is 18.1. The van der Waals surface area contributed by atoms with E-state index in [2.05, 4.69) is 10.5 Å². The maximum Gasteiger partial charge on any atom is 0.308 e. The van der Waals surface area contributed by atoms with Crippen molar-refractivity contribution in [2.24, 2.45) is 5.10 Å². The highest BCUT2D eigenvalue weighted by molar-refractivity contribution is 7.99. The summed E-state index contributed by atoms with van der Waals surface area (Å²) in [6.45, 7) is 3.20. The molecule has 25 heavy (non-hydrogen) atoms. The normalized spacial score (nSPS) is 11.9. The van der Waals surface area contributed by atoms with E-state index in [1.807, 2.05) is 37.3 Å². The van der Waals surface area contributed by atoms with Crippen molar-refractivity contribution in [1.82, 2.24) is 5.43 Å². The van der Waals surface area contributed by atoms with Crippen LogP contribution in [0, 0.1) is 0 Å². The zero-order valence-electron chi connectivity index (χ0n) is 14.1. The van der Waals surface area contributed by atoms with Crippen LogP contribution in [0.4, 0.5) is 0 Å². The highest BCUT2D eigenvalue weighted by atomic mass is 32.2. The maximum atomic E-state index is 12.0. The maximum absolute atomic E-state index is 12.0. The molecule has 5 nitrogen and oxygen atoms in total. The summed E-state index contributed by atoms with van der Waals surface area (Å²) in [7, 11) is 0. The van der Waals surface area contributed by atoms with Crippen molar-refractivity contribution < 1.29 is 14.3 Å². The lowest BCUT2D eigenvalue weighted by Crippen LogP contribution is -2.26. The largest absolute Gasteiger partial charge is 0.427 e. The Bertz CT molecular complexity index is 730. The predicted molar refractivity (Wildman–Crippen MR) is 101 cm³/mol. The smallest absolute Gasteiger partial charge is 0.308 e. The van der Waals surface area contributed by atoms with E-state index in [0.29, 0.717) is 5.75 Å². The molecule has 0 heterocycles. The van der Waals surface area contributed by atoms with Gasteiger partial charge in [-0.2, -0.15) is 5.10 Å². The molecule has 0 aliphatic rings. The van der Waals surface area contributed by atoms with Gasteiger partial charge in [-0.1, -0.05) is 30.3 Å². The second-order valence-electron chi connectivity index (χ2n) is 5.34. The van der Waals surface area contributed by atoms with Crippen molar-refractivity contribution in [2.75, 3.05) is 0 Å². The number of hydrazone groups is 1. The lowest BCUT2D eigenvalue weighted by atomic mass is 10.2. The third-order valence-electron chi connectivity index (χ3n) is 3.24. The van der Waals surface area contributed by atoms with Gasteiger partial charge in [0.1, 0.15) is 5.75 Å². The SMILES string of the molecule is CC(=O)Oc1ccc(/C=N\NC(=O)[C@@H](C)SCc2ccccc2)cc1. The second kappa shape index (κ2) is 9.64.